The fraction of sp³-hybridized carbons (Fsp3) is 0.125. The molecular weight excluding hydrogens is 318 g/mol. The van der Waals surface area contributed by atoms with Crippen LogP contribution in [0.2, 0.25) is 0 Å². The fourth-order valence-electron chi connectivity index (χ4n) is 1.94. The third-order valence-electron chi connectivity index (χ3n) is 2.93. The minimum Gasteiger partial charge on any atom is -0.507 e. The molecule has 3 nitrogen and oxygen atoms in total. The minimum absolute atomic E-state index is 0.0364. The molecule has 20 heavy (non-hydrogen) atoms. The molecule has 0 saturated heterocycles. The molecule has 0 amide bonds. The second-order valence-electron chi connectivity index (χ2n) is 4.29. The predicted octanol–water partition coefficient (Wildman–Crippen LogP) is 3.85. The normalized spacial score (nSPS) is 10.0. The van der Waals surface area contributed by atoms with Crippen molar-refractivity contribution in [3.63, 3.8) is 0 Å². The summed E-state index contributed by atoms with van der Waals surface area (Å²) in [5, 5.41) is 10.2. The van der Waals surface area contributed by atoms with E-state index in [1.807, 2.05) is 6.07 Å². The Bertz CT molecular complexity index is 675. The molecule has 0 spiro atoms. The number of benzene rings is 2. The molecule has 4 heteroatoms. The Morgan fingerprint density at radius 2 is 1.95 bits per heavy atom. The molecule has 0 aliphatic carbocycles. The summed E-state index contributed by atoms with van der Waals surface area (Å²) in [6.07, 6.45) is 0.420. The molecule has 2 rings (SSSR count). The van der Waals surface area contributed by atoms with Gasteiger partial charge in [-0.05, 0) is 12.1 Å². The highest BCUT2D eigenvalue weighted by Gasteiger charge is 2.17. The maximum atomic E-state index is 12.4. The van der Waals surface area contributed by atoms with Gasteiger partial charge in [-0.2, -0.15) is 0 Å². The van der Waals surface area contributed by atoms with Crippen LogP contribution in [0.4, 0.5) is 0 Å². The first kappa shape index (κ1) is 14.3. The highest BCUT2D eigenvalue weighted by Crippen LogP contribution is 2.29. The Kier molecular flexibility index (Phi) is 4.54. The zero-order valence-corrected chi connectivity index (χ0v) is 12.2. The molecule has 0 radical (unpaired) electrons. The van der Waals surface area contributed by atoms with Gasteiger partial charge in [0.15, 0.2) is 5.78 Å². The average Bonchev–Trinajstić information content (AvgIpc) is 2.48. The van der Waals surface area contributed by atoms with Gasteiger partial charge in [-0.1, -0.05) is 46.3 Å². The van der Waals surface area contributed by atoms with Gasteiger partial charge in [-0.15, -0.1) is 0 Å². The molecule has 0 saturated carbocycles. The number of hydrogen-bond acceptors (Lipinski definition) is 2. The average molecular weight is 330 g/mol. The van der Waals surface area contributed by atoms with Gasteiger partial charge in [0.25, 0.3) is 0 Å². The maximum Gasteiger partial charge on any atom is 0.218 e. The second kappa shape index (κ2) is 6.36. The molecule has 2 aromatic carbocycles. The SMILES string of the molecule is [C-]#[N+]CCc1cc(Br)cc(C(=O)c2ccccc2)c1O. The Labute approximate surface area is 125 Å². The highest BCUT2D eigenvalue weighted by atomic mass is 79.9. The van der Waals surface area contributed by atoms with E-state index in [-0.39, 0.29) is 23.6 Å². The van der Waals surface area contributed by atoms with Crippen LogP contribution >= 0.6 is 15.9 Å². The van der Waals surface area contributed by atoms with Crippen LogP contribution in [0.5, 0.6) is 5.75 Å². The van der Waals surface area contributed by atoms with Crippen molar-refractivity contribution in [1.29, 1.82) is 0 Å². The van der Waals surface area contributed by atoms with E-state index in [0.717, 1.165) is 4.47 Å². The monoisotopic (exact) mass is 329 g/mol. The lowest BCUT2D eigenvalue weighted by Crippen LogP contribution is -2.03. The summed E-state index contributed by atoms with van der Waals surface area (Å²) in [5.41, 5.74) is 1.39. The van der Waals surface area contributed by atoms with Crippen LogP contribution in [0.25, 0.3) is 4.85 Å². The van der Waals surface area contributed by atoms with Crippen LogP contribution in [0, 0.1) is 6.57 Å². The van der Waals surface area contributed by atoms with Gasteiger partial charge in [0.1, 0.15) is 5.75 Å². The zero-order valence-electron chi connectivity index (χ0n) is 10.6. The number of nitrogens with zero attached hydrogens (tertiary/aromatic N) is 1. The number of halogens is 1. The van der Waals surface area contributed by atoms with E-state index in [4.69, 9.17) is 6.57 Å². The van der Waals surface area contributed by atoms with E-state index in [9.17, 15) is 9.90 Å². The first-order valence-electron chi connectivity index (χ1n) is 6.08. The van der Waals surface area contributed by atoms with E-state index in [2.05, 4.69) is 20.8 Å². The summed E-state index contributed by atoms with van der Waals surface area (Å²) in [6, 6.07) is 12.2. The molecule has 0 bridgehead atoms. The molecular formula is C16H12BrNO2. The number of aromatic hydroxyl groups is 1. The second-order valence-corrected chi connectivity index (χ2v) is 5.20. The third kappa shape index (κ3) is 3.06. The predicted molar refractivity (Wildman–Crippen MR) is 80.9 cm³/mol. The number of hydrogen-bond donors (Lipinski definition) is 1. The molecule has 0 aliphatic rings. The largest absolute Gasteiger partial charge is 0.507 e. The lowest BCUT2D eigenvalue weighted by atomic mass is 9.99. The van der Waals surface area contributed by atoms with E-state index in [1.54, 1.807) is 36.4 Å². The molecule has 0 heterocycles. The van der Waals surface area contributed by atoms with Gasteiger partial charge >= 0.3 is 0 Å². The van der Waals surface area contributed by atoms with Gasteiger partial charge in [-0.25, -0.2) is 6.57 Å². The molecule has 0 unspecified atom stereocenters. The Balaban J connectivity index is 2.44. The van der Waals surface area contributed by atoms with Crippen LogP contribution in [-0.2, 0) is 6.42 Å². The van der Waals surface area contributed by atoms with Crippen LogP contribution < -0.4 is 0 Å². The Hall–Kier alpha value is -2.12. The summed E-state index contributed by atoms with van der Waals surface area (Å²) in [4.78, 5) is 15.7. The Morgan fingerprint density at radius 1 is 1.25 bits per heavy atom. The van der Waals surface area contributed by atoms with Crippen molar-refractivity contribution in [2.24, 2.45) is 0 Å². The molecule has 2 aromatic rings. The molecule has 100 valence electrons. The van der Waals surface area contributed by atoms with Crippen molar-refractivity contribution in [1.82, 2.24) is 0 Å². The van der Waals surface area contributed by atoms with Crippen molar-refractivity contribution < 1.29 is 9.90 Å². The number of carbonyl (C=O) groups excluding carboxylic acids is 1. The van der Waals surface area contributed by atoms with E-state index >= 15 is 0 Å². The number of rotatable bonds is 4. The summed E-state index contributed by atoms with van der Waals surface area (Å²) < 4.78 is 0.717. The van der Waals surface area contributed by atoms with Crippen LogP contribution in [0.15, 0.2) is 46.9 Å². The van der Waals surface area contributed by atoms with E-state index < -0.39 is 0 Å². The van der Waals surface area contributed by atoms with Crippen molar-refractivity contribution in [3.8, 4) is 5.75 Å². The topological polar surface area (TPSA) is 41.7 Å². The van der Waals surface area contributed by atoms with Crippen molar-refractivity contribution in [3.05, 3.63) is 75.0 Å². The van der Waals surface area contributed by atoms with Crippen molar-refractivity contribution in [2.45, 2.75) is 6.42 Å². The molecule has 1 N–H and O–H groups in total. The molecule has 0 aliphatic heterocycles. The van der Waals surface area contributed by atoms with Gasteiger partial charge < -0.3 is 9.95 Å². The summed E-state index contributed by atoms with van der Waals surface area (Å²) in [6.45, 7) is 7.09. The fourth-order valence-corrected chi connectivity index (χ4v) is 2.45. The van der Waals surface area contributed by atoms with Crippen LogP contribution in [0.1, 0.15) is 21.5 Å². The van der Waals surface area contributed by atoms with Gasteiger partial charge in [0, 0.05) is 22.0 Å². The lowest BCUT2D eigenvalue weighted by Gasteiger charge is -2.09. The van der Waals surface area contributed by atoms with Gasteiger partial charge in [0.2, 0.25) is 6.54 Å². The van der Waals surface area contributed by atoms with E-state index in [0.29, 0.717) is 17.5 Å². The third-order valence-corrected chi connectivity index (χ3v) is 3.39. The number of ketones is 1. The quantitative estimate of drug-likeness (QED) is 0.683. The Morgan fingerprint density at radius 3 is 2.60 bits per heavy atom. The van der Waals surface area contributed by atoms with Gasteiger partial charge in [0.05, 0.1) is 5.56 Å². The maximum absolute atomic E-state index is 12.4. The van der Waals surface area contributed by atoms with Gasteiger partial charge in [-0.3, -0.25) is 4.79 Å². The number of carbonyl (C=O) groups is 1. The zero-order chi connectivity index (χ0) is 14.5. The van der Waals surface area contributed by atoms with Crippen molar-refractivity contribution in [2.75, 3.05) is 6.54 Å². The van der Waals surface area contributed by atoms with Crippen molar-refractivity contribution >= 4 is 21.7 Å². The smallest absolute Gasteiger partial charge is 0.218 e. The lowest BCUT2D eigenvalue weighted by molar-refractivity contribution is 0.103. The number of phenolic OH excluding ortho intramolecular Hbond substituents is 1. The summed E-state index contributed by atoms with van der Waals surface area (Å²) in [7, 11) is 0. The van der Waals surface area contributed by atoms with Crippen LogP contribution in [-0.4, -0.2) is 17.4 Å². The molecule has 0 aromatic heterocycles. The summed E-state index contributed by atoms with van der Waals surface area (Å²) in [5.74, 6) is -0.265. The highest BCUT2D eigenvalue weighted by molar-refractivity contribution is 9.10. The standard InChI is InChI=1S/C16H12BrNO2/c1-18-8-7-12-9-13(17)10-14(16(12)20)15(19)11-5-3-2-4-6-11/h2-6,9-10,20H,7-8H2. The van der Waals surface area contributed by atoms with E-state index in [1.165, 1.54) is 0 Å². The molecule has 0 atom stereocenters. The number of phenols is 1. The summed E-state index contributed by atoms with van der Waals surface area (Å²) >= 11 is 3.34. The van der Waals surface area contributed by atoms with Crippen LogP contribution in [0.3, 0.4) is 0 Å². The molecule has 0 fully saturated rings. The first-order valence-corrected chi connectivity index (χ1v) is 6.87. The first-order chi connectivity index (χ1) is 9.63. The minimum atomic E-state index is -0.228.